The van der Waals surface area contributed by atoms with Crippen molar-refractivity contribution in [2.75, 3.05) is 7.05 Å². The topological polar surface area (TPSA) is 74.6 Å². The molecule has 0 saturated heterocycles. The van der Waals surface area contributed by atoms with E-state index < -0.39 is 12.1 Å². The number of likely N-dealkylation sites (N-methyl/N-ethyl adjacent to an activating group) is 1. The Balaban J connectivity index is 1.77. The number of carbonyl (C=O) groups is 2. The molecule has 0 spiro atoms. The number of amides is 3. The Hall–Kier alpha value is -1.82. The van der Waals surface area contributed by atoms with Gasteiger partial charge in [0, 0.05) is 6.04 Å². The van der Waals surface area contributed by atoms with Gasteiger partial charge in [0.2, 0.25) is 5.91 Å². The van der Waals surface area contributed by atoms with E-state index in [1.54, 1.807) is 6.92 Å². The largest absolute Gasteiger partial charge is 0.465 e. The Kier molecular flexibility index (Phi) is 6.21. The van der Waals surface area contributed by atoms with Crippen LogP contribution < -0.4 is 10.6 Å². The summed E-state index contributed by atoms with van der Waals surface area (Å²) in [5.74, 6) is 1.35. The third kappa shape index (κ3) is 5.39. The van der Waals surface area contributed by atoms with E-state index in [-0.39, 0.29) is 11.9 Å². The predicted octanol–water partition coefficient (Wildman–Crippen LogP) is 2.57. The Morgan fingerprint density at radius 1 is 1.30 bits per heavy atom. The van der Waals surface area contributed by atoms with Crippen LogP contribution in [0.3, 0.4) is 0 Å². The molecular weight excluding hydrogens is 294 g/mol. The smallest absolute Gasteiger partial charge is 0.321 e. The molecule has 6 heteroatoms. The second kappa shape index (κ2) is 8.15. The lowest BCUT2D eigenvalue weighted by atomic mass is 9.96. The first-order valence-electron chi connectivity index (χ1n) is 8.32. The van der Waals surface area contributed by atoms with Gasteiger partial charge in [-0.25, -0.2) is 4.79 Å². The second-order valence-electron chi connectivity index (χ2n) is 6.40. The fourth-order valence-corrected chi connectivity index (χ4v) is 2.84. The molecule has 6 nitrogen and oxygen atoms in total. The van der Waals surface area contributed by atoms with E-state index in [1.165, 1.54) is 6.42 Å². The van der Waals surface area contributed by atoms with Gasteiger partial charge in [0.15, 0.2) is 0 Å². The van der Waals surface area contributed by atoms with E-state index in [1.807, 2.05) is 31.0 Å². The zero-order valence-electron chi connectivity index (χ0n) is 14.2. The normalized spacial score (nSPS) is 17.0. The van der Waals surface area contributed by atoms with Gasteiger partial charge < -0.3 is 9.73 Å². The number of hydrogen-bond acceptors (Lipinski definition) is 4. The number of aryl methyl sites for hydroxylation is 1. The maximum absolute atomic E-state index is 12.2. The van der Waals surface area contributed by atoms with Gasteiger partial charge in [0.05, 0.1) is 12.6 Å². The molecule has 0 unspecified atom stereocenters. The van der Waals surface area contributed by atoms with E-state index >= 15 is 0 Å². The molecular formula is C17H27N3O3. The summed E-state index contributed by atoms with van der Waals surface area (Å²) >= 11 is 0. The summed E-state index contributed by atoms with van der Waals surface area (Å²) in [6, 6.07) is 3.17. The standard InChI is InChI=1S/C17H27N3O3/c1-12-9-10-15(23-12)11-20(3)13(2)16(21)19-17(22)18-14-7-5-4-6-8-14/h9-10,13-14H,4-8,11H2,1-3H3,(H2,18,19,21,22)/t13-/m0/s1. The first-order chi connectivity index (χ1) is 11.0. The van der Waals surface area contributed by atoms with Gasteiger partial charge in [0.25, 0.3) is 0 Å². The minimum Gasteiger partial charge on any atom is -0.465 e. The van der Waals surface area contributed by atoms with Gasteiger partial charge in [0.1, 0.15) is 11.5 Å². The van der Waals surface area contributed by atoms with Crippen molar-refractivity contribution in [3.63, 3.8) is 0 Å². The molecule has 1 aromatic rings. The maximum atomic E-state index is 12.2. The number of imide groups is 1. The Morgan fingerprint density at radius 2 is 2.00 bits per heavy atom. The molecule has 1 aromatic heterocycles. The highest BCUT2D eigenvalue weighted by Gasteiger charge is 2.22. The minimum absolute atomic E-state index is 0.190. The van der Waals surface area contributed by atoms with Gasteiger partial charge in [-0.2, -0.15) is 0 Å². The van der Waals surface area contributed by atoms with Crippen molar-refractivity contribution in [3.05, 3.63) is 23.7 Å². The summed E-state index contributed by atoms with van der Waals surface area (Å²) in [6.45, 7) is 4.18. The average molecular weight is 321 g/mol. The molecule has 2 rings (SSSR count). The molecule has 1 atom stereocenters. The van der Waals surface area contributed by atoms with Crippen LogP contribution in [0.25, 0.3) is 0 Å². The number of furan rings is 1. The van der Waals surface area contributed by atoms with E-state index in [0.717, 1.165) is 37.2 Å². The molecule has 0 bridgehead atoms. The van der Waals surface area contributed by atoms with Crippen molar-refractivity contribution in [1.29, 1.82) is 0 Å². The summed E-state index contributed by atoms with van der Waals surface area (Å²) in [7, 11) is 1.83. The fourth-order valence-electron chi connectivity index (χ4n) is 2.84. The Morgan fingerprint density at radius 3 is 2.61 bits per heavy atom. The molecule has 0 aliphatic heterocycles. The SMILES string of the molecule is Cc1ccc(CN(C)[C@@H](C)C(=O)NC(=O)NC2CCCCC2)o1. The first-order valence-corrected chi connectivity index (χ1v) is 8.32. The number of nitrogens with one attached hydrogen (secondary N) is 2. The predicted molar refractivity (Wildman–Crippen MR) is 87.9 cm³/mol. The van der Waals surface area contributed by atoms with E-state index in [4.69, 9.17) is 4.42 Å². The zero-order chi connectivity index (χ0) is 16.8. The summed E-state index contributed by atoms with van der Waals surface area (Å²) in [5, 5.41) is 5.33. The van der Waals surface area contributed by atoms with Gasteiger partial charge in [-0.1, -0.05) is 19.3 Å². The van der Waals surface area contributed by atoms with Crippen LogP contribution in [0.2, 0.25) is 0 Å². The summed E-state index contributed by atoms with van der Waals surface area (Å²) in [5.41, 5.74) is 0. The Bertz CT molecular complexity index is 535. The molecule has 2 N–H and O–H groups in total. The van der Waals surface area contributed by atoms with Gasteiger partial charge in [-0.3, -0.25) is 15.0 Å². The molecule has 0 radical (unpaired) electrons. The highest BCUT2D eigenvalue weighted by atomic mass is 16.3. The second-order valence-corrected chi connectivity index (χ2v) is 6.40. The molecule has 128 valence electrons. The molecule has 1 heterocycles. The molecule has 1 fully saturated rings. The van der Waals surface area contributed by atoms with Gasteiger partial charge >= 0.3 is 6.03 Å². The number of hydrogen-bond donors (Lipinski definition) is 2. The molecule has 1 aliphatic rings. The summed E-state index contributed by atoms with van der Waals surface area (Å²) in [4.78, 5) is 26.0. The quantitative estimate of drug-likeness (QED) is 0.874. The first kappa shape index (κ1) is 17.5. The number of nitrogens with zero attached hydrogens (tertiary/aromatic N) is 1. The fraction of sp³-hybridized carbons (Fsp3) is 0.647. The van der Waals surface area contributed by atoms with Crippen LogP contribution >= 0.6 is 0 Å². The zero-order valence-corrected chi connectivity index (χ0v) is 14.2. The summed E-state index contributed by atoms with van der Waals surface area (Å²) in [6.07, 6.45) is 5.50. The van der Waals surface area contributed by atoms with E-state index in [2.05, 4.69) is 10.6 Å². The number of carbonyl (C=O) groups excluding carboxylic acids is 2. The van der Waals surface area contributed by atoms with Crippen LogP contribution in [-0.4, -0.2) is 36.0 Å². The summed E-state index contributed by atoms with van der Waals surface area (Å²) < 4.78 is 5.51. The van der Waals surface area contributed by atoms with Crippen molar-refractivity contribution in [2.24, 2.45) is 0 Å². The van der Waals surface area contributed by atoms with Crippen molar-refractivity contribution in [1.82, 2.24) is 15.5 Å². The van der Waals surface area contributed by atoms with Gasteiger partial charge in [-0.05, 0) is 45.9 Å². The highest BCUT2D eigenvalue weighted by Crippen LogP contribution is 2.17. The number of rotatable bonds is 5. The van der Waals surface area contributed by atoms with Crippen LogP contribution in [-0.2, 0) is 11.3 Å². The van der Waals surface area contributed by atoms with E-state index in [0.29, 0.717) is 6.54 Å². The molecule has 0 aromatic carbocycles. The molecule has 1 saturated carbocycles. The van der Waals surface area contributed by atoms with Gasteiger partial charge in [-0.15, -0.1) is 0 Å². The lowest BCUT2D eigenvalue weighted by molar-refractivity contribution is -0.124. The van der Waals surface area contributed by atoms with Crippen LogP contribution in [0.4, 0.5) is 4.79 Å². The highest BCUT2D eigenvalue weighted by molar-refractivity contribution is 5.96. The van der Waals surface area contributed by atoms with Crippen LogP contribution in [0, 0.1) is 6.92 Å². The molecule has 1 aliphatic carbocycles. The lowest BCUT2D eigenvalue weighted by Gasteiger charge is -2.25. The monoisotopic (exact) mass is 321 g/mol. The average Bonchev–Trinajstić information content (AvgIpc) is 2.92. The van der Waals surface area contributed by atoms with Crippen molar-refractivity contribution in [2.45, 2.75) is 64.6 Å². The van der Waals surface area contributed by atoms with Crippen LogP contribution in [0.5, 0.6) is 0 Å². The third-order valence-corrected chi connectivity index (χ3v) is 4.42. The number of urea groups is 1. The maximum Gasteiger partial charge on any atom is 0.321 e. The Labute approximate surface area is 137 Å². The lowest BCUT2D eigenvalue weighted by Crippen LogP contribution is -2.50. The van der Waals surface area contributed by atoms with E-state index in [9.17, 15) is 9.59 Å². The molecule has 3 amide bonds. The van der Waals surface area contributed by atoms with Crippen molar-refractivity contribution >= 4 is 11.9 Å². The molecule has 23 heavy (non-hydrogen) atoms. The minimum atomic E-state index is -0.419. The van der Waals surface area contributed by atoms with Crippen molar-refractivity contribution in [3.8, 4) is 0 Å². The van der Waals surface area contributed by atoms with Crippen LogP contribution in [0.1, 0.15) is 50.5 Å². The van der Waals surface area contributed by atoms with Crippen LogP contribution in [0.15, 0.2) is 16.5 Å². The third-order valence-electron chi connectivity index (χ3n) is 4.42. The van der Waals surface area contributed by atoms with Crippen molar-refractivity contribution < 1.29 is 14.0 Å².